The van der Waals surface area contributed by atoms with E-state index in [1.54, 1.807) is 24.3 Å². The van der Waals surface area contributed by atoms with Crippen molar-refractivity contribution in [3.05, 3.63) is 59.1 Å². The third-order valence-corrected chi connectivity index (χ3v) is 2.89. The number of rotatable bonds is 5. The SMILES string of the molecule is NCC(=O)Nc1ccc(OCc2ccc(Cl)cc2)cc1. The molecule has 0 saturated heterocycles. The Labute approximate surface area is 122 Å². The van der Waals surface area contributed by atoms with Crippen LogP contribution in [0, 0.1) is 0 Å². The fourth-order valence-corrected chi connectivity index (χ4v) is 1.72. The number of benzene rings is 2. The molecule has 4 nitrogen and oxygen atoms in total. The Morgan fingerprint density at radius 2 is 1.75 bits per heavy atom. The van der Waals surface area contributed by atoms with Gasteiger partial charge in [0.2, 0.25) is 5.91 Å². The number of nitrogens with two attached hydrogens (primary N) is 1. The number of nitrogens with one attached hydrogen (secondary N) is 1. The highest BCUT2D eigenvalue weighted by molar-refractivity contribution is 6.30. The molecule has 0 radical (unpaired) electrons. The quantitative estimate of drug-likeness (QED) is 0.890. The smallest absolute Gasteiger partial charge is 0.238 e. The van der Waals surface area contributed by atoms with Crippen molar-refractivity contribution >= 4 is 23.2 Å². The normalized spacial score (nSPS) is 10.1. The molecule has 0 heterocycles. The van der Waals surface area contributed by atoms with Crippen LogP contribution >= 0.6 is 11.6 Å². The van der Waals surface area contributed by atoms with Gasteiger partial charge in [0.25, 0.3) is 0 Å². The summed E-state index contributed by atoms with van der Waals surface area (Å²) in [6.45, 7) is 0.431. The predicted octanol–water partition coefficient (Wildman–Crippen LogP) is 2.82. The average molecular weight is 291 g/mol. The lowest BCUT2D eigenvalue weighted by Crippen LogP contribution is -2.21. The fraction of sp³-hybridized carbons (Fsp3) is 0.133. The Morgan fingerprint density at radius 3 is 2.35 bits per heavy atom. The molecule has 0 aliphatic heterocycles. The van der Waals surface area contributed by atoms with Gasteiger partial charge in [-0.3, -0.25) is 4.79 Å². The Morgan fingerprint density at radius 1 is 1.10 bits per heavy atom. The first kappa shape index (κ1) is 14.4. The molecule has 5 heteroatoms. The summed E-state index contributed by atoms with van der Waals surface area (Å²) in [6.07, 6.45) is 0. The Hall–Kier alpha value is -2.04. The van der Waals surface area contributed by atoms with E-state index in [1.165, 1.54) is 0 Å². The van der Waals surface area contributed by atoms with Crippen LogP contribution in [0.15, 0.2) is 48.5 Å². The Balaban J connectivity index is 1.90. The molecule has 0 fully saturated rings. The van der Waals surface area contributed by atoms with Crippen LogP contribution < -0.4 is 15.8 Å². The van der Waals surface area contributed by atoms with Gasteiger partial charge in [-0.25, -0.2) is 0 Å². The third kappa shape index (κ3) is 4.26. The van der Waals surface area contributed by atoms with Crippen molar-refractivity contribution in [2.24, 2.45) is 5.73 Å². The highest BCUT2D eigenvalue weighted by Gasteiger charge is 2.00. The number of amides is 1. The lowest BCUT2D eigenvalue weighted by molar-refractivity contribution is -0.114. The summed E-state index contributed by atoms with van der Waals surface area (Å²) in [6, 6.07) is 14.6. The van der Waals surface area contributed by atoms with Crippen LogP contribution in [0.25, 0.3) is 0 Å². The summed E-state index contributed by atoms with van der Waals surface area (Å²) in [7, 11) is 0. The van der Waals surface area contributed by atoms with Gasteiger partial charge in [-0.2, -0.15) is 0 Å². The maximum absolute atomic E-state index is 11.1. The maximum atomic E-state index is 11.1. The van der Waals surface area contributed by atoms with Gasteiger partial charge >= 0.3 is 0 Å². The van der Waals surface area contributed by atoms with Crippen molar-refractivity contribution in [3.8, 4) is 5.75 Å². The van der Waals surface area contributed by atoms with E-state index in [0.29, 0.717) is 17.3 Å². The van der Waals surface area contributed by atoms with Crippen molar-refractivity contribution in [3.63, 3.8) is 0 Å². The van der Waals surface area contributed by atoms with Crippen molar-refractivity contribution in [2.45, 2.75) is 6.61 Å². The van der Waals surface area contributed by atoms with Gasteiger partial charge in [-0.1, -0.05) is 23.7 Å². The second-order valence-electron chi connectivity index (χ2n) is 4.19. The number of carbonyl (C=O) groups excluding carboxylic acids is 1. The molecule has 2 aromatic rings. The largest absolute Gasteiger partial charge is 0.489 e. The van der Waals surface area contributed by atoms with Crippen LogP contribution in [-0.2, 0) is 11.4 Å². The summed E-state index contributed by atoms with van der Waals surface area (Å²) in [5.74, 6) is 0.505. The summed E-state index contributed by atoms with van der Waals surface area (Å²) in [5, 5.41) is 3.37. The molecule has 2 aromatic carbocycles. The van der Waals surface area contributed by atoms with Crippen molar-refractivity contribution in [1.82, 2.24) is 0 Å². The van der Waals surface area contributed by atoms with E-state index in [4.69, 9.17) is 22.1 Å². The van der Waals surface area contributed by atoms with E-state index in [-0.39, 0.29) is 12.5 Å². The van der Waals surface area contributed by atoms with E-state index >= 15 is 0 Å². The van der Waals surface area contributed by atoms with Gasteiger partial charge in [0.05, 0.1) is 6.54 Å². The first-order valence-corrected chi connectivity index (χ1v) is 6.52. The average Bonchev–Trinajstić information content (AvgIpc) is 2.48. The van der Waals surface area contributed by atoms with Gasteiger partial charge in [0.1, 0.15) is 12.4 Å². The molecule has 0 aromatic heterocycles. The molecule has 0 spiro atoms. The molecule has 0 bridgehead atoms. The second kappa shape index (κ2) is 6.93. The van der Waals surface area contributed by atoms with E-state index in [1.807, 2.05) is 24.3 Å². The van der Waals surface area contributed by atoms with Gasteiger partial charge < -0.3 is 15.8 Å². The second-order valence-corrected chi connectivity index (χ2v) is 4.63. The third-order valence-electron chi connectivity index (χ3n) is 2.64. The fourth-order valence-electron chi connectivity index (χ4n) is 1.59. The summed E-state index contributed by atoms with van der Waals surface area (Å²) in [4.78, 5) is 11.1. The molecule has 1 amide bonds. The van der Waals surface area contributed by atoms with Crippen LogP contribution in [-0.4, -0.2) is 12.5 Å². The predicted molar refractivity (Wildman–Crippen MR) is 79.9 cm³/mol. The van der Waals surface area contributed by atoms with Crippen molar-refractivity contribution in [2.75, 3.05) is 11.9 Å². The zero-order valence-electron chi connectivity index (χ0n) is 10.8. The molecule has 2 rings (SSSR count). The number of halogens is 1. The summed E-state index contributed by atoms with van der Waals surface area (Å²) >= 11 is 5.82. The van der Waals surface area contributed by atoms with Gasteiger partial charge in [0, 0.05) is 10.7 Å². The minimum Gasteiger partial charge on any atom is -0.489 e. The first-order chi connectivity index (χ1) is 9.67. The van der Waals surface area contributed by atoms with Gasteiger partial charge in [-0.05, 0) is 42.0 Å². The number of anilines is 1. The van der Waals surface area contributed by atoms with Gasteiger partial charge in [0.15, 0.2) is 0 Å². The Bertz CT molecular complexity index is 567. The van der Waals surface area contributed by atoms with Crippen molar-refractivity contribution in [1.29, 1.82) is 0 Å². The minimum atomic E-state index is -0.222. The molecule has 0 unspecified atom stereocenters. The lowest BCUT2D eigenvalue weighted by Gasteiger charge is -2.08. The number of carbonyl (C=O) groups is 1. The van der Waals surface area contributed by atoms with Crippen LogP contribution in [0.3, 0.4) is 0 Å². The highest BCUT2D eigenvalue weighted by Crippen LogP contribution is 2.17. The molecule has 0 aliphatic carbocycles. The van der Waals surface area contributed by atoms with Crippen LogP contribution in [0.5, 0.6) is 5.75 Å². The van der Waals surface area contributed by atoms with E-state index < -0.39 is 0 Å². The lowest BCUT2D eigenvalue weighted by atomic mass is 10.2. The van der Waals surface area contributed by atoms with Gasteiger partial charge in [-0.15, -0.1) is 0 Å². The Kier molecular flexibility index (Phi) is 4.98. The molecule has 20 heavy (non-hydrogen) atoms. The minimum absolute atomic E-state index is 0.0329. The van der Waals surface area contributed by atoms with E-state index in [2.05, 4.69) is 5.32 Å². The molecular formula is C15H15ClN2O2. The van der Waals surface area contributed by atoms with Crippen molar-refractivity contribution < 1.29 is 9.53 Å². The van der Waals surface area contributed by atoms with Crippen LogP contribution in [0.4, 0.5) is 5.69 Å². The molecular weight excluding hydrogens is 276 g/mol. The standard InChI is InChI=1S/C15H15ClN2O2/c16-12-3-1-11(2-4-12)10-20-14-7-5-13(6-8-14)18-15(19)9-17/h1-8H,9-10,17H2,(H,18,19). The maximum Gasteiger partial charge on any atom is 0.238 e. The number of hydrogen-bond acceptors (Lipinski definition) is 3. The molecule has 104 valence electrons. The topological polar surface area (TPSA) is 64.4 Å². The number of ether oxygens (including phenoxy) is 1. The molecule has 0 atom stereocenters. The van der Waals surface area contributed by atoms with Crippen LogP contribution in [0.2, 0.25) is 5.02 Å². The molecule has 0 aliphatic rings. The zero-order chi connectivity index (χ0) is 14.4. The zero-order valence-corrected chi connectivity index (χ0v) is 11.6. The molecule has 0 saturated carbocycles. The van der Waals surface area contributed by atoms with Crippen LogP contribution in [0.1, 0.15) is 5.56 Å². The number of hydrogen-bond donors (Lipinski definition) is 2. The molecule has 3 N–H and O–H groups in total. The first-order valence-electron chi connectivity index (χ1n) is 6.14. The summed E-state index contributed by atoms with van der Waals surface area (Å²) in [5.41, 5.74) is 6.96. The van der Waals surface area contributed by atoms with E-state index in [0.717, 1.165) is 11.3 Å². The highest BCUT2D eigenvalue weighted by atomic mass is 35.5. The van der Waals surface area contributed by atoms with E-state index in [9.17, 15) is 4.79 Å². The summed E-state index contributed by atoms with van der Waals surface area (Å²) < 4.78 is 5.64. The monoisotopic (exact) mass is 290 g/mol.